The minimum atomic E-state index is -3.64. The molecule has 0 atom stereocenters. The highest BCUT2D eigenvalue weighted by molar-refractivity contribution is 7.90. The van der Waals surface area contributed by atoms with E-state index in [2.05, 4.69) is 17.9 Å². The maximum atomic E-state index is 12.7. The van der Waals surface area contributed by atoms with Crippen LogP contribution in [0.1, 0.15) is 30.9 Å². The van der Waals surface area contributed by atoms with Crippen molar-refractivity contribution in [2.45, 2.75) is 31.2 Å². The van der Waals surface area contributed by atoms with Gasteiger partial charge in [0.05, 0.1) is 17.3 Å². The topological polar surface area (TPSA) is 70.4 Å². The van der Waals surface area contributed by atoms with E-state index in [9.17, 15) is 13.7 Å². The maximum Gasteiger partial charge on any atom is 0.179 e. The molecule has 3 aromatic carbocycles. The third-order valence-electron chi connectivity index (χ3n) is 4.87. The van der Waals surface area contributed by atoms with Crippen LogP contribution in [0.5, 0.6) is 11.5 Å². The van der Waals surface area contributed by atoms with Gasteiger partial charge in [0.1, 0.15) is 10.6 Å². The number of benzene rings is 3. The van der Waals surface area contributed by atoms with Crippen LogP contribution >= 0.6 is 0 Å². The molecule has 0 aromatic heterocycles. The summed E-state index contributed by atoms with van der Waals surface area (Å²) < 4.78 is 31.4. The summed E-state index contributed by atoms with van der Waals surface area (Å²) in [5, 5.41) is 9.58. The SMILES string of the molecule is CCCCN(Cc1ccccc1)c1cc(C#N)cc(S(C)(=O)=O)c1Oc1ccccc1. The predicted molar refractivity (Wildman–Crippen MR) is 123 cm³/mol. The fourth-order valence-electron chi connectivity index (χ4n) is 3.31. The van der Waals surface area contributed by atoms with Crippen LogP contribution in [0.25, 0.3) is 0 Å². The van der Waals surface area contributed by atoms with Crippen molar-refractivity contribution in [3.63, 3.8) is 0 Å². The van der Waals surface area contributed by atoms with Crippen LogP contribution in [0.2, 0.25) is 0 Å². The standard InChI is InChI=1S/C25H26N2O3S/c1-3-4-15-27(19-20-11-7-5-8-12-20)23-16-21(18-26)17-24(31(2,28)29)25(23)30-22-13-9-6-10-14-22/h5-14,16-17H,3-4,15,19H2,1-2H3. The first-order valence-electron chi connectivity index (χ1n) is 10.2. The zero-order chi connectivity index (χ0) is 22.3. The molecule has 0 unspecified atom stereocenters. The second-order valence-corrected chi connectivity index (χ2v) is 9.37. The van der Waals surface area contributed by atoms with Crippen molar-refractivity contribution in [3.8, 4) is 17.6 Å². The number of nitriles is 1. The van der Waals surface area contributed by atoms with E-state index < -0.39 is 9.84 Å². The Bertz CT molecular complexity index is 1150. The Morgan fingerprint density at radius 3 is 2.23 bits per heavy atom. The zero-order valence-electron chi connectivity index (χ0n) is 17.8. The van der Waals surface area contributed by atoms with Crippen molar-refractivity contribution in [1.82, 2.24) is 0 Å². The van der Waals surface area contributed by atoms with Crippen molar-refractivity contribution in [2.75, 3.05) is 17.7 Å². The second kappa shape index (κ2) is 10.1. The van der Waals surface area contributed by atoms with Crippen molar-refractivity contribution < 1.29 is 13.2 Å². The number of unbranched alkanes of at least 4 members (excludes halogenated alkanes) is 1. The summed E-state index contributed by atoms with van der Waals surface area (Å²) in [7, 11) is -3.64. The molecular formula is C25H26N2O3S. The lowest BCUT2D eigenvalue weighted by molar-refractivity contribution is 0.466. The molecule has 31 heavy (non-hydrogen) atoms. The van der Waals surface area contributed by atoms with E-state index in [1.165, 1.54) is 6.07 Å². The van der Waals surface area contributed by atoms with Crippen LogP contribution in [-0.4, -0.2) is 21.2 Å². The van der Waals surface area contributed by atoms with Crippen LogP contribution in [0.15, 0.2) is 77.7 Å². The number of hydrogen-bond donors (Lipinski definition) is 0. The first kappa shape index (κ1) is 22.4. The lowest BCUT2D eigenvalue weighted by Crippen LogP contribution is -2.25. The van der Waals surface area contributed by atoms with Crippen LogP contribution in [0.3, 0.4) is 0 Å². The zero-order valence-corrected chi connectivity index (χ0v) is 18.6. The van der Waals surface area contributed by atoms with Gasteiger partial charge in [-0.2, -0.15) is 5.26 Å². The maximum absolute atomic E-state index is 12.7. The Hall–Kier alpha value is -3.30. The average molecular weight is 435 g/mol. The molecule has 0 saturated heterocycles. The smallest absolute Gasteiger partial charge is 0.179 e. The monoisotopic (exact) mass is 434 g/mol. The van der Waals surface area contributed by atoms with E-state index in [-0.39, 0.29) is 16.2 Å². The molecule has 0 spiro atoms. The number of ether oxygens (including phenoxy) is 1. The van der Waals surface area contributed by atoms with Gasteiger partial charge in [-0.05, 0) is 36.2 Å². The Kier molecular flexibility index (Phi) is 7.32. The fourth-order valence-corrected chi connectivity index (χ4v) is 4.13. The summed E-state index contributed by atoms with van der Waals surface area (Å²) in [5.74, 6) is 0.785. The van der Waals surface area contributed by atoms with Gasteiger partial charge in [-0.15, -0.1) is 0 Å². The van der Waals surface area contributed by atoms with Gasteiger partial charge in [0.15, 0.2) is 15.6 Å². The molecule has 0 amide bonds. The molecule has 0 heterocycles. The molecule has 0 saturated carbocycles. The Morgan fingerprint density at radius 1 is 1.00 bits per heavy atom. The van der Waals surface area contributed by atoms with Gasteiger partial charge >= 0.3 is 0 Å². The summed E-state index contributed by atoms with van der Waals surface area (Å²) in [5.41, 5.74) is 1.97. The minimum absolute atomic E-state index is 0.0139. The second-order valence-electron chi connectivity index (χ2n) is 7.38. The summed E-state index contributed by atoms with van der Waals surface area (Å²) in [6.45, 7) is 3.38. The molecule has 6 heteroatoms. The Morgan fingerprint density at radius 2 is 1.65 bits per heavy atom. The predicted octanol–water partition coefficient (Wildman–Crippen LogP) is 5.56. The van der Waals surface area contributed by atoms with Crippen LogP contribution in [-0.2, 0) is 16.4 Å². The average Bonchev–Trinajstić information content (AvgIpc) is 2.77. The summed E-state index contributed by atoms with van der Waals surface area (Å²) in [4.78, 5) is 2.10. The van der Waals surface area contributed by atoms with Gasteiger partial charge in [-0.1, -0.05) is 61.9 Å². The lowest BCUT2D eigenvalue weighted by atomic mass is 10.1. The first-order valence-corrected chi connectivity index (χ1v) is 12.1. The highest BCUT2D eigenvalue weighted by atomic mass is 32.2. The molecule has 0 fully saturated rings. The highest BCUT2D eigenvalue weighted by Gasteiger charge is 2.24. The van der Waals surface area contributed by atoms with Gasteiger partial charge in [0.2, 0.25) is 0 Å². The molecule has 0 aliphatic carbocycles. The quantitative estimate of drug-likeness (QED) is 0.441. The number of nitrogens with zero attached hydrogens (tertiary/aromatic N) is 2. The number of rotatable bonds is 9. The summed E-state index contributed by atoms with van der Waals surface area (Å²) in [6, 6.07) is 24.3. The normalized spacial score (nSPS) is 11.0. The molecule has 0 bridgehead atoms. The van der Waals surface area contributed by atoms with E-state index in [1.807, 2.05) is 48.5 Å². The number of anilines is 1. The van der Waals surface area contributed by atoms with Gasteiger partial charge in [0.25, 0.3) is 0 Å². The van der Waals surface area contributed by atoms with Gasteiger partial charge in [0, 0.05) is 19.3 Å². The molecule has 0 radical (unpaired) electrons. The van der Waals surface area contributed by atoms with Crippen LogP contribution in [0, 0.1) is 11.3 Å². The highest BCUT2D eigenvalue weighted by Crippen LogP contribution is 2.40. The minimum Gasteiger partial charge on any atom is -0.454 e. The third kappa shape index (κ3) is 5.87. The van der Waals surface area contributed by atoms with E-state index in [1.54, 1.807) is 18.2 Å². The van der Waals surface area contributed by atoms with Crippen LogP contribution in [0.4, 0.5) is 5.69 Å². The first-order chi connectivity index (χ1) is 14.9. The molecule has 0 N–H and O–H groups in total. The molecule has 0 aliphatic heterocycles. The number of hydrogen-bond acceptors (Lipinski definition) is 5. The number of para-hydroxylation sites is 1. The lowest BCUT2D eigenvalue weighted by Gasteiger charge is -2.28. The van der Waals surface area contributed by atoms with E-state index in [4.69, 9.17) is 4.74 Å². The van der Waals surface area contributed by atoms with E-state index >= 15 is 0 Å². The molecule has 5 nitrogen and oxygen atoms in total. The van der Waals surface area contributed by atoms with Gasteiger partial charge in [-0.3, -0.25) is 0 Å². The molecular weight excluding hydrogens is 408 g/mol. The van der Waals surface area contributed by atoms with Crippen molar-refractivity contribution in [2.24, 2.45) is 0 Å². The van der Waals surface area contributed by atoms with Crippen molar-refractivity contribution in [1.29, 1.82) is 5.26 Å². The summed E-state index contributed by atoms with van der Waals surface area (Å²) in [6.07, 6.45) is 3.04. The van der Waals surface area contributed by atoms with Gasteiger partial charge < -0.3 is 9.64 Å². The molecule has 0 aliphatic rings. The Balaban J connectivity index is 2.19. The van der Waals surface area contributed by atoms with E-state index in [0.717, 1.165) is 24.7 Å². The van der Waals surface area contributed by atoms with Crippen molar-refractivity contribution in [3.05, 3.63) is 83.9 Å². The van der Waals surface area contributed by atoms with Gasteiger partial charge in [-0.25, -0.2) is 8.42 Å². The molecule has 160 valence electrons. The number of sulfone groups is 1. The third-order valence-corrected chi connectivity index (χ3v) is 5.97. The molecule has 3 aromatic rings. The van der Waals surface area contributed by atoms with E-state index in [0.29, 0.717) is 24.5 Å². The van der Waals surface area contributed by atoms with Crippen molar-refractivity contribution >= 4 is 15.5 Å². The summed E-state index contributed by atoms with van der Waals surface area (Å²) >= 11 is 0. The van der Waals surface area contributed by atoms with Crippen LogP contribution < -0.4 is 9.64 Å². The Labute approximate surface area is 184 Å². The fraction of sp³-hybridized carbons (Fsp3) is 0.240. The molecule has 3 rings (SSSR count). The largest absolute Gasteiger partial charge is 0.454 e.